The second kappa shape index (κ2) is 3.85. The van der Waals surface area contributed by atoms with Gasteiger partial charge in [0.1, 0.15) is 11.9 Å². The third-order valence-corrected chi connectivity index (χ3v) is 3.10. The predicted molar refractivity (Wildman–Crippen MR) is 54.0 cm³/mol. The van der Waals surface area contributed by atoms with Crippen LogP contribution in [0.2, 0.25) is 0 Å². The number of nitriles is 1. The first-order valence-electron chi connectivity index (χ1n) is 5.17. The molecule has 2 atom stereocenters. The third-order valence-electron chi connectivity index (χ3n) is 3.10. The van der Waals surface area contributed by atoms with Gasteiger partial charge in [0, 0.05) is 31.3 Å². The standard InChI is InChI=1S/C11H13N3O/c1-8-2-3-9(15)6-10(8)14-5-4-13-11(14)7-12/h4-5,8,10H,2-3,6H2,1H3. The molecule has 1 saturated carbocycles. The van der Waals surface area contributed by atoms with Gasteiger partial charge in [-0.3, -0.25) is 4.79 Å². The Balaban J connectivity index is 2.29. The van der Waals surface area contributed by atoms with E-state index in [2.05, 4.69) is 11.9 Å². The first-order valence-corrected chi connectivity index (χ1v) is 5.17. The van der Waals surface area contributed by atoms with Gasteiger partial charge in [-0.25, -0.2) is 4.98 Å². The van der Waals surface area contributed by atoms with Gasteiger partial charge >= 0.3 is 0 Å². The monoisotopic (exact) mass is 203 g/mol. The highest BCUT2D eigenvalue weighted by Crippen LogP contribution is 2.32. The Labute approximate surface area is 88.5 Å². The van der Waals surface area contributed by atoms with Crippen LogP contribution in [0.25, 0.3) is 0 Å². The molecule has 2 rings (SSSR count). The van der Waals surface area contributed by atoms with Crippen molar-refractivity contribution in [2.75, 3.05) is 0 Å². The van der Waals surface area contributed by atoms with Crippen molar-refractivity contribution in [1.82, 2.24) is 9.55 Å². The van der Waals surface area contributed by atoms with Crippen LogP contribution in [0.15, 0.2) is 12.4 Å². The molecule has 1 aliphatic carbocycles. The smallest absolute Gasteiger partial charge is 0.212 e. The normalized spacial score (nSPS) is 26.3. The van der Waals surface area contributed by atoms with Crippen LogP contribution in [-0.2, 0) is 4.79 Å². The van der Waals surface area contributed by atoms with Gasteiger partial charge in [0.15, 0.2) is 0 Å². The summed E-state index contributed by atoms with van der Waals surface area (Å²) in [6.45, 7) is 2.12. The summed E-state index contributed by atoms with van der Waals surface area (Å²) < 4.78 is 1.84. The molecule has 0 saturated heterocycles. The zero-order chi connectivity index (χ0) is 10.8. The molecule has 0 aliphatic heterocycles. The van der Waals surface area contributed by atoms with E-state index in [9.17, 15) is 4.79 Å². The Morgan fingerprint density at radius 1 is 1.67 bits per heavy atom. The van der Waals surface area contributed by atoms with Crippen LogP contribution < -0.4 is 0 Å². The zero-order valence-corrected chi connectivity index (χ0v) is 8.68. The third kappa shape index (κ3) is 1.78. The van der Waals surface area contributed by atoms with Gasteiger partial charge < -0.3 is 4.57 Å². The van der Waals surface area contributed by atoms with Crippen LogP contribution in [0.5, 0.6) is 0 Å². The molecular formula is C11H13N3O. The molecule has 1 heterocycles. The Morgan fingerprint density at radius 3 is 3.20 bits per heavy atom. The van der Waals surface area contributed by atoms with E-state index in [0.29, 0.717) is 24.6 Å². The number of carbonyl (C=O) groups excluding carboxylic acids is 1. The minimum Gasteiger partial charge on any atom is -0.319 e. The van der Waals surface area contributed by atoms with Gasteiger partial charge in [-0.15, -0.1) is 0 Å². The predicted octanol–water partition coefficient (Wildman–Crippen LogP) is 1.68. The van der Waals surface area contributed by atoms with Crippen molar-refractivity contribution in [3.63, 3.8) is 0 Å². The molecule has 0 N–H and O–H groups in total. The summed E-state index contributed by atoms with van der Waals surface area (Å²) in [6.07, 6.45) is 5.52. The second-order valence-corrected chi connectivity index (χ2v) is 4.10. The number of hydrogen-bond acceptors (Lipinski definition) is 3. The Kier molecular flexibility index (Phi) is 2.55. The molecular weight excluding hydrogens is 190 g/mol. The van der Waals surface area contributed by atoms with Crippen molar-refractivity contribution < 1.29 is 4.79 Å². The highest BCUT2D eigenvalue weighted by molar-refractivity contribution is 5.79. The van der Waals surface area contributed by atoms with Crippen molar-refractivity contribution in [3.05, 3.63) is 18.2 Å². The highest BCUT2D eigenvalue weighted by Gasteiger charge is 2.28. The molecule has 1 aromatic heterocycles. The molecule has 0 aromatic carbocycles. The van der Waals surface area contributed by atoms with E-state index < -0.39 is 0 Å². The summed E-state index contributed by atoms with van der Waals surface area (Å²) in [7, 11) is 0. The summed E-state index contributed by atoms with van der Waals surface area (Å²) in [4.78, 5) is 15.4. The van der Waals surface area contributed by atoms with Crippen molar-refractivity contribution in [2.45, 2.75) is 32.2 Å². The number of nitrogens with zero attached hydrogens (tertiary/aromatic N) is 3. The van der Waals surface area contributed by atoms with Crippen LogP contribution in [0.4, 0.5) is 0 Å². The largest absolute Gasteiger partial charge is 0.319 e. The molecule has 2 unspecified atom stereocenters. The lowest BCUT2D eigenvalue weighted by Crippen LogP contribution is -2.26. The summed E-state index contributed by atoms with van der Waals surface area (Å²) in [6, 6.07) is 2.16. The Bertz CT molecular complexity index is 416. The molecule has 1 aliphatic rings. The minimum absolute atomic E-state index is 0.114. The Morgan fingerprint density at radius 2 is 2.47 bits per heavy atom. The van der Waals surface area contributed by atoms with E-state index in [1.807, 2.05) is 10.6 Å². The molecule has 4 heteroatoms. The van der Waals surface area contributed by atoms with Crippen molar-refractivity contribution in [2.24, 2.45) is 5.92 Å². The van der Waals surface area contributed by atoms with Crippen LogP contribution in [-0.4, -0.2) is 15.3 Å². The van der Waals surface area contributed by atoms with Crippen molar-refractivity contribution in [3.8, 4) is 6.07 Å². The lowest BCUT2D eigenvalue weighted by atomic mass is 9.85. The van der Waals surface area contributed by atoms with Crippen molar-refractivity contribution >= 4 is 5.78 Å². The molecule has 15 heavy (non-hydrogen) atoms. The quantitative estimate of drug-likeness (QED) is 0.697. The lowest BCUT2D eigenvalue weighted by Gasteiger charge is -2.29. The fourth-order valence-corrected chi connectivity index (χ4v) is 2.16. The molecule has 0 bridgehead atoms. The fraction of sp³-hybridized carbons (Fsp3) is 0.545. The topological polar surface area (TPSA) is 58.7 Å². The van der Waals surface area contributed by atoms with Gasteiger partial charge in [0.2, 0.25) is 5.82 Å². The number of aromatic nitrogens is 2. The van der Waals surface area contributed by atoms with Gasteiger partial charge in [0.05, 0.1) is 0 Å². The SMILES string of the molecule is CC1CCC(=O)CC1n1ccnc1C#N. The maximum absolute atomic E-state index is 11.4. The van der Waals surface area contributed by atoms with E-state index in [-0.39, 0.29) is 11.8 Å². The number of Topliss-reactive ketones (excluding diaryl/α,β-unsaturated/α-hetero) is 1. The van der Waals surface area contributed by atoms with Gasteiger partial charge in [0.25, 0.3) is 0 Å². The summed E-state index contributed by atoms with van der Waals surface area (Å²) in [5, 5.41) is 8.87. The summed E-state index contributed by atoms with van der Waals surface area (Å²) in [5.74, 6) is 1.13. The van der Waals surface area contributed by atoms with Crippen molar-refractivity contribution in [1.29, 1.82) is 5.26 Å². The second-order valence-electron chi connectivity index (χ2n) is 4.10. The fourth-order valence-electron chi connectivity index (χ4n) is 2.16. The molecule has 1 fully saturated rings. The first-order chi connectivity index (χ1) is 7.22. The Hall–Kier alpha value is -1.63. The molecule has 1 aromatic rings. The van der Waals surface area contributed by atoms with Crippen LogP contribution >= 0.6 is 0 Å². The maximum atomic E-state index is 11.4. The minimum atomic E-state index is 0.114. The highest BCUT2D eigenvalue weighted by atomic mass is 16.1. The number of imidazole rings is 1. The molecule has 0 amide bonds. The van der Waals surface area contributed by atoms with Gasteiger partial charge in [-0.05, 0) is 12.3 Å². The average molecular weight is 203 g/mol. The van der Waals surface area contributed by atoms with E-state index in [1.165, 1.54) is 0 Å². The van der Waals surface area contributed by atoms with Crippen LogP contribution in [0.1, 0.15) is 38.1 Å². The van der Waals surface area contributed by atoms with E-state index in [4.69, 9.17) is 5.26 Å². The first kappa shape index (κ1) is 9.91. The average Bonchev–Trinajstić information content (AvgIpc) is 2.69. The summed E-state index contributed by atoms with van der Waals surface area (Å²) in [5.41, 5.74) is 0. The molecule has 0 spiro atoms. The van der Waals surface area contributed by atoms with Gasteiger partial charge in [-0.1, -0.05) is 6.92 Å². The maximum Gasteiger partial charge on any atom is 0.212 e. The van der Waals surface area contributed by atoms with E-state index in [1.54, 1.807) is 12.4 Å². The number of hydrogen-bond donors (Lipinski definition) is 0. The van der Waals surface area contributed by atoms with Gasteiger partial charge in [-0.2, -0.15) is 5.26 Å². The number of carbonyl (C=O) groups is 1. The number of ketones is 1. The van der Waals surface area contributed by atoms with Crippen LogP contribution in [0, 0.1) is 17.2 Å². The molecule has 4 nitrogen and oxygen atoms in total. The van der Waals surface area contributed by atoms with E-state index >= 15 is 0 Å². The molecule has 0 radical (unpaired) electrons. The number of rotatable bonds is 1. The zero-order valence-electron chi connectivity index (χ0n) is 8.68. The van der Waals surface area contributed by atoms with Crippen LogP contribution in [0.3, 0.4) is 0 Å². The lowest BCUT2D eigenvalue weighted by molar-refractivity contribution is -0.122. The molecule has 78 valence electrons. The van der Waals surface area contributed by atoms with E-state index in [0.717, 1.165) is 6.42 Å². The summed E-state index contributed by atoms with van der Waals surface area (Å²) >= 11 is 0.